The number of aromatic nitrogens is 2. The molecule has 0 bridgehead atoms. The van der Waals surface area contributed by atoms with E-state index < -0.39 is 0 Å². The summed E-state index contributed by atoms with van der Waals surface area (Å²) in [6, 6.07) is 7.39. The zero-order valence-corrected chi connectivity index (χ0v) is 15.7. The maximum atomic E-state index is 13.1. The van der Waals surface area contributed by atoms with Gasteiger partial charge in [0.05, 0.1) is 17.1 Å². The van der Waals surface area contributed by atoms with Gasteiger partial charge in [-0.25, -0.2) is 0 Å². The van der Waals surface area contributed by atoms with Crippen LogP contribution in [0.3, 0.4) is 0 Å². The topological polar surface area (TPSA) is 70.5 Å². The molecule has 7 nitrogen and oxygen atoms in total. The quantitative estimate of drug-likeness (QED) is 0.837. The highest BCUT2D eigenvalue weighted by Gasteiger charge is 2.33. The number of carbonyl (C=O) groups is 2. The van der Waals surface area contributed by atoms with Crippen molar-refractivity contribution in [2.24, 2.45) is 7.05 Å². The van der Waals surface area contributed by atoms with Crippen molar-refractivity contribution in [3.8, 4) is 0 Å². The Hall–Kier alpha value is -2.67. The molecule has 7 heteroatoms. The molecule has 2 amide bonds. The fourth-order valence-electron chi connectivity index (χ4n) is 3.32. The molecule has 0 radical (unpaired) electrons. The zero-order valence-electron chi connectivity index (χ0n) is 15.7. The first-order valence-corrected chi connectivity index (χ1v) is 8.82. The summed E-state index contributed by atoms with van der Waals surface area (Å²) in [6.07, 6.45) is 2.17. The van der Waals surface area contributed by atoms with Crippen molar-refractivity contribution in [1.29, 1.82) is 0 Å². The number of aryl methyl sites for hydroxylation is 2. The first-order chi connectivity index (χ1) is 12.4. The summed E-state index contributed by atoms with van der Waals surface area (Å²) in [6.45, 7) is 2.77. The molecule has 0 aliphatic carbocycles. The molecule has 2 heterocycles. The Labute approximate surface area is 153 Å². The molecule has 0 atom stereocenters. The van der Waals surface area contributed by atoms with Gasteiger partial charge in [-0.05, 0) is 52.5 Å². The van der Waals surface area contributed by atoms with Gasteiger partial charge >= 0.3 is 0 Å². The van der Waals surface area contributed by atoms with E-state index in [-0.39, 0.29) is 11.8 Å². The number of anilines is 3. The number of para-hydroxylation sites is 2. The van der Waals surface area contributed by atoms with Crippen molar-refractivity contribution in [2.45, 2.75) is 26.2 Å². The SMILES string of the molecule is Cc1nn(C)c2c1N(C(=O)CCCCN(C)C)c1ccccc1NC2=O. The Balaban J connectivity index is 1.99. The fraction of sp³-hybridized carbons (Fsp3) is 0.421. The Morgan fingerprint density at radius 2 is 1.96 bits per heavy atom. The molecule has 26 heavy (non-hydrogen) atoms. The van der Waals surface area contributed by atoms with Crippen LogP contribution in [0.25, 0.3) is 0 Å². The summed E-state index contributed by atoms with van der Waals surface area (Å²) < 4.78 is 1.54. The third-order valence-corrected chi connectivity index (χ3v) is 4.52. The number of fused-ring (bicyclic) bond motifs is 2. The van der Waals surface area contributed by atoms with Gasteiger partial charge in [0.25, 0.3) is 5.91 Å². The zero-order chi connectivity index (χ0) is 18.8. The Morgan fingerprint density at radius 1 is 1.23 bits per heavy atom. The highest BCUT2D eigenvalue weighted by Crippen LogP contribution is 2.39. The standard InChI is InChI=1S/C19H25N5O2/c1-13-17-18(23(4)21-13)19(26)20-14-9-5-6-10-15(14)24(17)16(25)11-7-8-12-22(2)3/h5-6,9-10H,7-8,11-12H2,1-4H3,(H,20,26). The molecular weight excluding hydrogens is 330 g/mol. The van der Waals surface area contributed by atoms with Crippen LogP contribution in [-0.4, -0.2) is 47.1 Å². The lowest BCUT2D eigenvalue weighted by Crippen LogP contribution is -2.27. The lowest BCUT2D eigenvalue weighted by Gasteiger charge is -2.23. The van der Waals surface area contributed by atoms with E-state index in [1.807, 2.05) is 45.3 Å². The van der Waals surface area contributed by atoms with Crippen molar-refractivity contribution in [3.05, 3.63) is 35.7 Å². The van der Waals surface area contributed by atoms with E-state index in [0.717, 1.165) is 19.4 Å². The van der Waals surface area contributed by atoms with Crippen LogP contribution in [-0.2, 0) is 11.8 Å². The van der Waals surface area contributed by atoms with Crippen molar-refractivity contribution < 1.29 is 9.59 Å². The number of nitrogens with zero attached hydrogens (tertiary/aromatic N) is 4. The predicted molar refractivity (Wildman–Crippen MR) is 102 cm³/mol. The maximum Gasteiger partial charge on any atom is 0.276 e. The second kappa shape index (κ2) is 7.29. The van der Waals surface area contributed by atoms with Crippen LogP contribution < -0.4 is 10.2 Å². The van der Waals surface area contributed by atoms with Gasteiger partial charge in [0.15, 0.2) is 5.69 Å². The number of rotatable bonds is 5. The smallest absolute Gasteiger partial charge is 0.276 e. The lowest BCUT2D eigenvalue weighted by atomic mass is 10.1. The summed E-state index contributed by atoms with van der Waals surface area (Å²) >= 11 is 0. The second-order valence-corrected chi connectivity index (χ2v) is 6.87. The minimum atomic E-state index is -0.251. The van der Waals surface area contributed by atoms with Gasteiger partial charge in [-0.1, -0.05) is 12.1 Å². The van der Waals surface area contributed by atoms with Crippen LogP contribution >= 0.6 is 0 Å². The first kappa shape index (κ1) is 18.1. The molecule has 0 saturated carbocycles. The van der Waals surface area contributed by atoms with Gasteiger partial charge in [0.2, 0.25) is 5.91 Å². The van der Waals surface area contributed by atoms with Gasteiger partial charge in [0, 0.05) is 13.5 Å². The van der Waals surface area contributed by atoms with Gasteiger partial charge < -0.3 is 10.2 Å². The summed E-state index contributed by atoms with van der Waals surface area (Å²) in [5.74, 6) is -0.275. The Morgan fingerprint density at radius 3 is 2.69 bits per heavy atom. The van der Waals surface area contributed by atoms with Crippen LogP contribution in [0, 0.1) is 6.92 Å². The van der Waals surface area contributed by atoms with Crippen molar-refractivity contribution in [3.63, 3.8) is 0 Å². The van der Waals surface area contributed by atoms with Crippen LogP contribution in [0.4, 0.5) is 17.1 Å². The van der Waals surface area contributed by atoms with E-state index in [0.29, 0.717) is 34.9 Å². The van der Waals surface area contributed by atoms with E-state index in [4.69, 9.17) is 0 Å². The minimum Gasteiger partial charge on any atom is -0.319 e. The molecule has 1 aromatic heterocycles. The van der Waals surface area contributed by atoms with E-state index >= 15 is 0 Å². The molecular formula is C19H25N5O2. The van der Waals surface area contributed by atoms with Crippen molar-refractivity contribution in [2.75, 3.05) is 30.9 Å². The molecule has 3 rings (SSSR count). The predicted octanol–water partition coefficient (Wildman–Crippen LogP) is 2.69. The van der Waals surface area contributed by atoms with E-state index in [1.54, 1.807) is 11.9 Å². The lowest BCUT2D eigenvalue weighted by molar-refractivity contribution is -0.118. The number of nitrogens with one attached hydrogen (secondary N) is 1. The number of amides is 2. The van der Waals surface area contributed by atoms with Crippen LogP contribution in [0.2, 0.25) is 0 Å². The number of hydrogen-bond donors (Lipinski definition) is 1. The summed E-state index contributed by atoms with van der Waals surface area (Å²) in [4.78, 5) is 29.6. The summed E-state index contributed by atoms with van der Waals surface area (Å²) in [5, 5.41) is 7.26. The molecule has 1 aromatic carbocycles. The molecule has 1 aliphatic heterocycles. The molecule has 0 fully saturated rings. The fourth-order valence-corrected chi connectivity index (χ4v) is 3.32. The van der Waals surface area contributed by atoms with Crippen molar-refractivity contribution in [1.82, 2.24) is 14.7 Å². The first-order valence-electron chi connectivity index (χ1n) is 8.82. The van der Waals surface area contributed by atoms with E-state index in [1.165, 1.54) is 4.68 Å². The number of unbranched alkanes of at least 4 members (excludes halogenated alkanes) is 1. The number of hydrogen-bond acceptors (Lipinski definition) is 4. The maximum absolute atomic E-state index is 13.1. The van der Waals surface area contributed by atoms with E-state index in [2.05, 4.69) is 15.3 Å². The number of benzene rings is 1. The molecule has 0 saturated heterocycles. The van der Waals surface area contributed by atoms with E-state index in [9.17, 15) is 9.59 Å². The van der Waals surface area contributed by atoms with Crippen molar-refractivity contribution >= 4 is 28.9 Å². The highest BCUT2D eigenvalue weighted by atomic mass is 16.2. The summed E-state index contributed by atoms with van der Waals surface area (Å²) in [7, 11) is 5.77. The highest BCUT2D eigenvalue weighted by molar-refractivity contribution is 6.17. The molecule has 2 aromatic rings. The second-order valence-electron chi connectivity index (χ2n) is 6.87. The molecule has 0 unspecified atom stereocenters. The Kier molecular flexibility index (Phi) is 5.08. The number of carbonyl (C=O) groups excluding carboxylic acids is 2. The molecule has 0 spiro atoms. The van der Waals surface area contributed by atoms with Gasteiger partial charge in [-0.3, -0.25) is 19.2 Å². The monoisotopic (exact) mass is 355 g/mol. The average molecular weight is 355 g/mol. The normalized spacial score (nSPS) is 13.3. The van der Waals surface area contributed by atoms with Crippen LogP contribution in [0.1, 0.15) is 35.4 Å². The molecule has 1 N–H and O–H groups in total. The third-order valence-electron chi connectivity index (χ3n) is 4.52. The van der Waals surface area contributed by atoms with Gasteiger partial charge in [0.1, 0.15) is 5.69 Å². The van der Waals surface area contributed by atoms with Gasteiger partial charge in [-0.15, -0.1) is 0 Å². The van der Waals surface area contributed by atoms with Gasteiger partial charge in [-0.2, -0.15) is 5.10 Å². The third kappa shape index (κ3) is 3.35. The summed E-state index contributed by atoms with van der Waals surface area (Å²) in [5.41, 5.74) is 2.96. The average Bonchev–Trinajstić information content (AvgIpc) is 2.79. The van der Waals surface area contributed by atoms with Crippen LogP contribution in [0.5, 0.6) is 0 Å². The minimum absolute atomic E-state index is 0.0231. The van der Waals surface area contributed by atoms with Crippen LogP contribution in [0.15, 0.2) is 24.3 Å². The molecule has 1 aliphatic rings. The largest absolute Gasteiger partial charge is 0.319 e. The molecule has 138 valence electrons. The Bertz CT molecular complexity index is 840.